The van der Waals surface area contributed by atoms with Gasteiger partial charge in [0.25, 0.3) is 0 Å². The number of ether oxygens (including phenoxy) is 2. The highest BCUT2D eigenvalue weighted by Crippen LogP contribution is 2.47. The Morgan fingerprint density at radius 1 is 1.26 bits per heavy atom. The van der Waals surface area contributed by atoms with E-state index in [2.05, 4.69) is 19.2 Å². The van der Waals surface area contributed by atoms with Gasteiger partial charge in [-0.3, -0.25) is 4.79 Å². The van der Waals surface area contributed by atoms with E-state index in [0.717, 1.165) is 47.7 Å². The Morgan fingerprint density at radius 3 is 2.65 bits per heavy atom. The van der Waals surface area contributed by atoms with Gasteiger partial charge in [-0.2, -0.15) is 0 Å². The topological polar surface area (TPSA) is 64.6 Å². The third-order valence-corrected chi connectivity index (χ3v) is 7.08. The second kappa shape index (κ2) is 8.83. The van der Waals surface area contributed by atoms with Crippen LogP contribution in [0.2, 0.25) is 0 Å². The van der Waals surface area contributed by atoms with Gasteiger partial charge in [0.15, 0.2) is 5.78 Å². The Labute approximate surface area is 188 Å². The molecule has 0 aromatic heterocycles. The number of esters is 1. The van der Waals surface area contributed by atoms with E-state index in [1.165, 1.54) is 0 Å². The van der Waals surface area contributed by atoms with Crippen molar-refractivity contribution in [2.24, 2.45) is 5.41 Å². The molecule has 1 aromatic carbocycles. The van der Waals surface area contributed by atoms with Crippen LogP contribution in [0.25, 0.3) is 0 Å². The number of benzene rings is 1. The highest BCUT2D eigenvalue weighted by Gasteiger charge is 2.43. The fraction of sp³-hybridized carbons (Fsp3) is 0.520. The molecule has 3 aliphatic rings. The normalized spacial score (nSPS) is 25.4. The van der Waals surface area contributed by atoms with Crippen LogP contribution in [0.3, 0.4) is 0 Å². The summed E-state index contributed by atoms with van der Waals surface area (Å²) in [4.78, 5) is 27.7. The summed E-state index contributed by atoms with van der Waals surface area (Å²) in [5.74, 6) is -0.675. The zero-order valence-corrected chi connectivity index (χ0v) is 19.6. The maximum absolute atomic E-state index is 13.3. The maximum Gasteiger partial charge on any atom is 0.336 e. The first-order chi connectivity index (χ1) is 14.8. The molecule has 5 nitrogen and oxygen atoms in total. The van der Waals surface area contributed by atoms with Crippen molar-refractivity contribution in [1.29, 1.82) is 0 Å². The van der Waals surface area contributed by atoms with E-state index >= 15 is 0 Å². The SMILES string of the molecule is CSc1ccc([C@@H]2C(C(=O)OC[C@@H]3CCCO3)=C(C)NC3=C2C(=O)CC(C)(C)C3)cc1. The van der Waals surface area contributed by atoms with Gasteiger partial charge in [-0.15, -0.1) is 11.8 Å². The van der Waals surface area contributed by atoms with Crippen molar-refractivity contribution in [2.75, 3.05) is 19.5 Å². The average Bonchev–Trinajstić information content (AvgIpc) is 3.24. The van der Waals surface area contributed by atoms with Crippen LogP contribution >= 0.6 is 11.8 Å². The third kappa shape index (κ3) is 4.60. The number of Topliss-reactive ketones (excluding diaryl/α,β-unsaturated/α-hetero) is 1. The lowest BCUT2D eigenvalue weighted by atomic mass is 9.68. The molecule has 2 atom stereocenters. The average molecular weight is 442 g/mol. The molecule has 0 bridgehead atoms. The number of dihydropyridines is 1. The van der Waals surface area contributed by atoms with Crippen molar-refractivity contribution in [1.82, 2.24) is 5.32 Å². The molecule has 1 N–H and O–H groups in total. The Bertz CT molecular complexity index is 939. The highest BCUT2D eigenvalue weighted by molar-refractivity contribution is 7.98. The van der Waals surface area contributed by atoms with Gasteiger partial charge in [-0.1, -0.05) is 26.0 Å². The van der Waals surface area contributed by atoms with Gasteiger partial charge in [0, 0.05) is 40.8 Å². The van der Waals surface area contributed by atoms with Crippen molar-refractivity contribution in [3.05, 3.63) is 52.4 Å². The fourth-order valence-electron chi connectivity index (χ4n) is 4.86. The summed E-state index contributed by atoms with van der Waals surface area (Å²) in [5, 5.41) is 3.39. The number of hydrogen-bond acceptors (Lipinski definition) is 6. The second-order valence-corrected chi connectivity index (χ2v) is 10.3. The molecule has 0 radical (unpaired) electrons. The molecular formula is C25H31NO4S. The standard InChI is InChI=1S/C25H31NO4S/c1-15-21(24(28)30-14-17-6-5-11-29-17)22(16-7-9-18(31-4)10-8-16)23-19(26-15)12-25(2,3)13-20(23)27/h7-10,17,22,26H,5-6,11-14H2,1-4H3/t17-,22+/m0/s1. The van der Waals surface area contributed by atoms with Crippen LogP contribution in [-0.2, 0) is 19.1 Å². The summed E-state index contributed by atoms with van der Waals surface area (Å²) in [7, 11) is 0. The molecule has 0 saturated carbocycles. The summed E-state index contributed by atoms with van der Waals surface area (Å²) >= 11 is 1.67. The smallest absolute Gasteiger partial charge is 0.336 e. The highest BCUT2D eigenvalue weighted by atomic mass is 32.2. The van der Waals surface area contributed by atoms with Crippen molar-refractivity contribution in [2.45, 2.75) is 63.4 Å². The van der Waals surface area contributed by atoms with Crippen LogP contribution in [0.5, 0.6) is 0 Å². The molecule has 0 spiro atoms. The van der Waals surface area contributed by atoms with E-state index in [0.29, 0.717) is 17.6 Å². The summed E-state index contributed by atoms with van der Waals surface area (Å²) < 4.78 is 11.3. The molecule has 6 heteroatoms. The number of thioether (sulfide) groups is 1. The number of allylic oxidation sites excluding steroid dienone is 3. The van der Waals surface area contributed by atoms with Gasteiger partial charge < -0.3 is 14.8 Å². The predicted molar refractivity (Wildman–Crippen MR) is 122 cm³/mol. The predicted octanol–water partition coefficient (Wildman–Crippen LogP) is 4.73. The van der Waals surface area contributed by atoms with E-state index in [9.17, 15) is 9.59 Å². The van der Waals surface area contributed by atoms with Crippen molar-refractivity contribution in [3.8, 4) is 0 Å². The fourth-order valence-corrected chi connectivity index (χ4v) is 5.27. The van der Waals surface area contributed by atoms with Gasteiger partial charge in [-0.05, 0) is 55.6 Å². The lowest BCUT2D eigenvalue weighted by Crippen LogP contribution is -2.39. The number of hydrogen-bond donors (Lipinski definition) is 1. The molecule has 1 saturated heterocycles. The summed E-state index contributed by atoms with van der Waals surface area (Å²) in [6.07, 6.45) is 5.16. The lowest BCUT2D eigenvalue weighted by molar-refractivity contribution is -0.142. The molecule has 4 rings (SSSR count). The molecule has 1 fully saturated rings. The zero-order valence-electron chi connectivity index (χ0n) is 18.7. The summed E-state index contributed by atoms with van der Waals surface area (Å²) in [6, 6.07) is 8.15. The third-order valence-electron chi connectivity index (χ3n) is 6.33. The van der Waals surface area contributed by atoms with Crippen molar-refractivity contribution >= 4 is 23.5 Å². The van der Waals surface area contributed by atoms with E-state index in [1.54, 1.807) is 11.8 Å². The Kier molecular flexibility index (Phi) is 6.31. The van der Waals surface area contributed by atoms with Gasteiger partial charge in [0.1, 0.15) is 6.61 Å². The molecule has 2 heterocycles. The molecule has 31 heavy (non-hydrogen) atoms. The van der Waals surface area contributed by atoms with E-state index in [1.807, 2.05) is 37.4 Å². The van der Waals surface area contributed by atoms with Crippen LogP contribution in [0.1, 0.15) is 57.9 Å². The molecule has 1 aliphatic carbocycles. The van der Waals surface area contributed by atoms with Crippen molar-refractivity contribution < 1.29 is 19.1 Å². The Balaban J connectivity index is 1.71. The van der Waals surface area contributed by atoms with Crippen LogP contribution < -0.4 is 5.32 Å². The first-order valence-corrected chi connectivity index (χ1v) is 12.2. The molecule has 0 unspecified atom stereocenters. The number of carbonyl (C=O) groups is 2. The minimum absolute atomic E-state index is 0.0346. The Hall–Kier alpha value is -2.05. The van der Waals surface area contributed by atoms with Gasteiger partial charge in [0.2, 0.25) is 0 Å². The molecule has 2 aliphatic heterocycles. The molecule has 1 aromatic rings. The van der Waals surface area contributed by atoms with E-state index < -0.39 is 5.92 Å². The number of carbonyl (C=O) groups excluding carboxylic acids is 2. The second-order valence-electron chi connectivity index (χ2n) is 9.44. The summed E-state index contributed by atoms with van der Waals surface area (Å²) in [5.41, 5.74) is 3.79. The number of ketones is 1. The van der Waals surface area contributed by atoms with Crippen LogP contribution in [-0.4, -0.2) is 37.3 Å². The minimum atomic E-state index is -0.409. The minimum Gasteiger partial charge on any atom is -0.459 e. The maximum atomic E-state index is 13.3. The van der Waals surface area contributed by atoms with Crippen LogP contribution in [0.4, 0.5) is 0 Å². The zero-order chi connectivity index (χ0) is 22.2. The number of rotatable bonds is 5. The largest absolute Gasteiger partial charge is 0.459 e. The van der Waals surface area contributed by atoms with Crippen LogP contribution in [0.15, 0.2) is 51.7 Å². The Morgan fingerprint density at radius 2 is 2.00 bits per heavy atom. The van der Waals surface area contributed by atoms with E-state index in [4.69, 9.17) is 9.47 Å². The monoisotopic (exact) mass is 441 g/mol. The quantitative estimate of drug-likeness (QED) is 0.526. The van der Waals surface area contributed by atoms with Crippen LogP contribution in [0, 0.1) is 5.41 Å². The molecule has 166 valence electrons. The van der Waals surface area contributed by atoms with Gasteiger partial charge in [0.05, 0.1) is 11.7 Å². The van der Waals surface area contributed by atoms with Gasteiger partial charge in [-0.25, -0.2) is 4.79 Å². The van der Waals surface area contributed by atoms with Gasteiger partial charge >= 0.3 is 5.97 Å². The number of nitrogens with one attached hydrogen (secondary N) is 1. The van der Waals surface area contributed by atoms with E-state index in [-0.39, 0.29) is 29.9 Å². The van der Waals surface area contributed by atoms with Crippen molar-refractivity contribution in [3.63, 3.8) is 0 Å². The first kappa shape index (κ1) is 22.2. The summed E-state index contributed by atoms with van der Waals surface area (Å²) in [6.45, 7) is 7.10. The molecular weight excluding hydrogens is 410 g/mol. The first-order valence-electron chi connectivity index (χ1n) is 11.0. The lowest BCUT2D eigenvalue weighted by Gasteiger charge is -2.39. The molecule has 0 amide bonds.